The number of carbonyl (C=O) groups is 1. The average Bonchev–Trinajstić information content (AvgIpc) is 3.25. The highest BCUT2D eigenvalue weighted by Crippen LogP contribution is 2.36. The van der Waals surface area contributed by atoms with Crippen molar-refractivity contribution in [3.05, 3.63) is 86.7 Å². The van der Waals surface area contributed by atoms with E-state index in [1.165, 1.54) is 18.4 Å². The van der Waals surface area contributed by atoms with Crippen molar-refractivity contribution in [2.45, 2.75) is 0 Å². The van der Waals surface area contributed by atoms with Crippen molar-refractivity contribution in [3.63, 3.8) is 0 Å². The zero-order valence-electron chi connectivity index (χ0n) is 16.2. The van der Waals surface area contributed by atoms with Crippen molar-refractivity contribution in [1.82, 2.24) is 4.98 Å². The van der Waals surface area contributed by atoms with E-state index in [0.29, 0.717) is 15.7 Å². The zero-order chi connectivity index (χ0) is 22.0. The summed E-state index contributed by atoms with van der Waals surface area (Å²) in [6.45, 7) is 0. The molecule has 0 atom stereocenters. The first-order chi connectivity index (χ1) is 15.0. The molecule has 0 aliphatic carbocycles. The molecule has 156 valence electrons. The van der Waals surface area contributed by atoms with Gasteiger partial charge in [0.2, 0.25) is 0 Å². The van der Waals surface area contributed by atoms with Crippen LogP contribution in [0, 0.1) is 0 Å². The van der Waals surface area contributed by atoms with E-state index in [-0.39, 0.29) is 16.3 Å². The highest BCUT2D eigenvalue weighted by molar-refractivity contribution is 7.13. The maximum Gasteiger partial charge on any atom is 0.261 e. The molecular weight excluding hydrogens is 475 g/mol. The van der Waals surface area contributed by atoms with Gasteiger partial charge >= 0.3 is 0 Å². The number of nitrogens with zero attached hydrogens (tertiary/aromatic N) is 1. The molecule has 4 nitrogen and oxygen atoms in total. The standard InChI is InChI=1S/C23H15Cl3N2O2S/c1-30-21-18(26)10-9-17(25)20(21)22(29)27-14-6-4-5-13(11-14)19-12-31-23(28-19)15-7-2-3-8-16(15)24/h2-12H,1H3,(H,27,29). The second-order valence-electron chi connectivity index (χ2n) is 6.49. The minimum Gasteiger partial charge on any atom is -0.494 e. The van der Waals surface area contributed by atoms with Crippen molar-refractivity contribution in [2.75, 3.05) is 12.4 Å². The number of carbonyl (C=O) groups excluding carboxylic acids is 1. The fourth-order valence-corrected chi connectivity index (χ4v) is 4.68. The van der Waals surface area contributed by atoms with Gasteiger partial charge < -0.3 is 10.1 Å². The van der Waals surface area contributed by atoms with E-state index < -0.39 is 5.91 Å². The van der Waals surface area contributed by atoms with Gasteiger partial charge in [0.1, 0.15) is 10.6 Å². The number of thiazole rings is 1. The topological polar surface area (TPSA) is 51.2 Å². The van der Waals surface area contributed by atoms with Gasteiger partial charge in [-0.3, -0.25) is 4.79 Å². The van der Waals surface area contributed by atoms with Crippen LogP contribution >= 0.6 is 46.1 Å². The molecule has 0 fully saturated rings. The first-order valence-electron chi connectivity index (χ1n) is 9.12. The van der Waals surface area contributed by atoms with Crippen LogP contribution < -0.4 is 10.1 Å². The lowest BCUT2D eigenvalue weighted by atomic mass is 10.1. The molecule has 0 spiro atoms. The third-order valence-electron chi connectivity index (χ3n) is 4.51. The molecule has 1 amide bonds. The van der Waals surface area contributed by atoms with Gasteiger partial charge in [-0.1, -0.05) is 65.1 Å². The van der Waals surface area contributed by atoms with E-state index in [4.69, 9.17) is 44.5 Å². The zero-order valence-corrected chi connectivity index (χ0v) is 19.2. The van der Waals surface area contributed by atoms with Gasteiger partial charge in [0.15, 0.2) is 5.75 Å². The molecule has 0 saturated carbocycles. The van der Waals surface area contributed by atoms with Crippen molar-refractivity contribution in [1.29, 1.82) is 0 Å². The fraction of sp³-hybridized carbons (Fsp3) is 0.0435. The molecule has 1 heterocycles. The smallest absolute Gasteiger partial charge is 0.261 e. The summed E-state index contributed by atoms with van der Waals surface area (Å²) in [4.78, 5) is 17.6. The summed E-state index contributed by atoms with van der Waals surface area (Å²) >= 11 is 20.2. The van der Waals surface area contributed by atoms with Crippen LogP contribution in [0.4, 0.5) is 5.69 Å². The minimum atomic E-state index is -0.420. The van der Waals surface area contributed by atoms with Crippen LogP contribution in [0.5, 0.6) is 5.75 Å². The Morgan fingerprint density at radius 2 is 1.74 bits per heavy atom. The molecule has 1 aromatic heterocycles. The van der Waals surface area contributed by atoms with Gasteiger partial charge in [-0.2, -0.15) is 0 Å². The predicted octanol–water partition coefficient (Wildman–Crippen LogP) is 7.70. The van der Waals surface area contributed by atoms with Crippen molar-refractivity contribution in [2.24, 2.45) is 0 Å². The maximum atomic E-state index is 12.9. The summed E-state index contributed by atoms with van der Waals surface area (Å²) in [5.41, 5.74) is 3.29. The number of hydrogen-bond donors (Lipinski definition) is 1. The number of ether oxygens (including phenoxy) is 1. The molecule has 0 aliphatic heterocycles. The number of methoxy groups -OCH3 is 1. The summed E-state index contributed by atoms with van der Waals surface area (Å²) in [6.07, 6.45) is 0. The molecule has 8 heteroatoms. The van der Waals surface area contributed by atoms with Gasteiger partial charge in [-0.15, -0.1) is 11.3 Å². The summed E-state index contributed by atoms with van der Waals surface area (Å²) in [5.74, 6) is -0.191. The maximum absolute atomic E-state index is 12.9. The number of halogens is 3. The highest BCUT2D eigenvalue weighted by Gasteiger charge is 2.20. The Balaban J connectivity index is 1.61. The normalized spacial score (nSPS) is 10.7. The minimum absolute atomic E-state index is 0.178. The quantitative estimate of drug-likeness (QED) is 0.312. The number of benzene rings is 3. The monoisotopic (exact) mass is 488 g/mol. The van der Waals surface area contributed by atoms with Gasteiger partial charge in [-0.05, 0) is 30.3 Å². The molecule has 0 radical (unpaired) electrons. The third-order valence-corrected chi connectivity index (χ3v) is 6.33. The molecule has 3 aromatic carbocycles. The van der Waals surface area contributed by atoms with Crippen LogP contribution in [-0.2, 0) is 0 Å². The molecule has 1 N–H and O–H groups in total. The summed E-state index contributed by atoms with van der Waals surface area (Å²) < 4.78 is 5.27. The SMILES string of the molecule is COc1c(Cl)ccc(Cl)c1C(=O)Nc1cccc(-c2csc(-c3ccccc3Cl)n2)c1. The van der Waals surface area contributed by atoms with Crippen LogP contribution in [0.15, 0.2) is 66.0 Å². The first-order valence-corrected chi connectivity index (χ1v) is 11.1. The Kier molecular flexibility index (Phi) is 6.49. The fourth-order valence-electron chi connectivity index (χ4n) is 3.06. The molecule has 4 rings (SSSR count). The van der Waals surface area contributed by atoms with Crippen molar-refractivity contribution >= 4 is 57.7 Å². The van der Waals surface area contributed by atoms with Gasteiger partial charge in [0.05, 0.1) is 27.9 Å². The molecule has 0 bridgehead atoms. The van der Waals surface area contributed by atoms with Crippen LogP contribution in [0.1, 0.15) is 10.4 Å². The Morgan fingerprint density at radius 3 is 2.52 bits per heavy atom. The van der Waals surface area contributed by atoms with Crippen molar-refractivity contribution in [3.8, 4) is 27.6 Å². The Morgan fingerprint density at radius 1 is 0.968 bits per heavy atom. The van der Waals surface area contributed by atoms with E-state index >= 15 is 0 Å². The lowest BCUT2D eigenvalue weighted by Crippen LogP contribution is -2.14. The number of nitrogens with one attached hydrogen (secondary N) is 1. The van der Waals surface area contributed by atoms with Crippen LogP contribution in [0.25, 0.3) is 21.8 Å². The van der Waals surface area contributed by atoms with E-state index in [0.717, 1.165) is 21.8 Å². The Labute approximate surface area is 198 Å². The summed E-state index contributed by atoms with van der Waals surface area (Å²) in [7, 11) is 1.44. The van der Waals surface area contributed by atoms with Crippen LogP contribution in [-0.4, -0.2) is 18.0 Å². The second kappa shape index (κ2) is 9.28. The number of hydrogen-bond acceptors (Lipinski definition) is 4. The first kappa shape index (κ1) is 21.7. The van der Waals surface area contributed by atoms with E-state index in [2.05, 4.69) is 5.32 Å². The number of aromatic nitrogens is 1. The molecule has 0 aliphatic rings. The molecular formula is C23H15Cl3N2O2S. The Hall–Kier alpha value is -2.57. The third kappa shape index (κ3) is 4.55. The van der Waals surface area contributed by atoms with Crippen molar-refractivity contribution < 1.29 is 9.53 Å². The van der Waals surface area contributed by atoms with Crippen LogP contribution in [0.3, 0.4) is 0 Å². The van der Waals surface area contributed by atoms with E-state index in [9.17, 15) is 4.79 Å². The largest absolute Gasteiger partial charge is 0.494 e. The molecule has 0 unspecified atom stereocenters. The van der Waals surface area contributed by atoms with Gasteiger partial charge in [0.25, 0.3) is 5.91 Å². The van der Waals surface area contributed by atoms with Gasteiger partial charge in [0, 0.05) is 22.2 Å². The number of rotatable bonds is 5. The lowest BCUT2D eigenvalue weighted by molar-refractivity contribution is 0.102. The van der Waals surface area contributed by atoms with Gasteiger partial charge in [-0.25, -0.2) is 4.98 Å². The molecule has 31 heavy (non-hydrogen) atoms. The molecule has 0 saturated heterocycles. The van der Waals surface area contributed by atoms with E-state index in [1.807, 2.05) is 47.8 Å². The Bertz CT molecular complexity index is 1270. The second-order valence-corrected chi connectivity index (χ2v) is 8.57. The number of amides is 1. The molecule has 4 aromatic rings. The summed E-state index contributed by atoms with van der Waals surface area (Å²) in [5, 5.41) is 6.84. The van der Waals surface area contributed by atoms with Crippen LogP contribution in [0.2, 0.25) is 15.1 Å². The van der Waals surface area contributed by atoms with E-state index in [1.54, 1.807) is 18.2 Å². The summed E-state index contributed by atoms with van der Waals surface area (Å²) in [6, 6.07) is 18.1. The number of anilines is 1. The highest BCUT2D eigenvalue weighted by atomic mass is 35.5. The predicted molar refractivity (Wildman–Crippen MR) is 129 cm³/mol. The lowest BCUT2D eigenvalue weighted by Gasteiger charge is -2.12. The average molecular weight is 490 g/mol.